The predicted molar refractivity (Wildman–Crippen MR) is 108 cm³/mol. The fraction of sp³-hybridized carbons (Fsp3) is 0.476. The van der Waals surface area contributed by atoms with E-state index in [2.05, 4.69) is 16.5 Å². The highest BCUT2D eigenvalue weighted by molar-refractivity contribution is 5.93. The van der Waals surface area contributed by atoms with E-state index in [-0.39, 0.29) is 11.9 Å². The predicted octanol–water partition coefficient (Wildman–Crippen LogP) is 2.83. The van der Waals surface area contributed by atoms with E-state index in [1.807, 2.05) is 36.7 Å². The maximum absolute atomic E-state index is 12.8. The van der Waals surface area contributed by atoms with E-state index >= 15 is 0 Å². The summed E-state index contributed by atoms with van der Waals surface area (Å²) in [6.07, 6.45) is 3.27. The van der Waals surface area contributed by atoms with Crippen LogP contribution in [-0.4, -0.2) is 57.7 Å². The van der Waals surface area contributed by atoms with Crippen molar-refractivity contribution in [3.63, 3.8) is 0 Å². The summed E-state index contributed by atoms with van der Waals surface area (Å²) in [5.41, 5.74) is 4.73. The van der Waals surface area contributed by atoms with Crippen molar-refractivity contribution in [1.29, 1.82) is 0 Å². The minimum atomic E-state index is -0.116. The Bertz CT molecular complexity index is 852. The lowest BCUT2D eigenvalue weighted by Gasteiger charge is -2.34. The van der Waals surface area contributed by atoms with Crippen LogP contribution in [0, 0.1) is 13.8 Å². The van der Waals surface area contributed by atoms with Gasteiger partial charge in [-0.25, -0.2) is 4.79 Å². The monoisotopic (exact) mass is 381 g/mol. The molecule has 3 amide bonds. The average Bonchev–Trinajstić information content (AvgIpc) is 3.11. The number of amides is 3. The normalized spacial score (nSPS) is 16.6. The van der Waals surface area contributed by atoms with Gasteiger partial charge >= 0.3 is 6.03 Å². The molecule has 2 aromatic rings. The molecule has 1 N–H and O–H groups in total. The molecule has 0 bridgehead atoms. The average molecular weight is 381 g/mol. The topological polar surface area (TPSA) is 70.5 Å². The van der Waals surface area contributed by atoms with Crippen molar-refractivity contribution >= 4 is 17.6 Å². The number of hydrogen-bond acceptors (Lipinski definition) is 3. The molecule has 0 radical (unpaired) electrons. The van der Waals surface area contributed by atoms with Gasteiger partial charge in [0.25, 0.3) is 5.91 Å². The molecular formula is C21H27N5O2. The highest BCUT2D eigenvalue weighted by Crippen LogP contribution is 2.18. The third kappa shape index (κ3) is 3.88. The molecule has 2 aliphatic heterocycles. The van der Waals surface area contributed by atoms with Crippen LogP contribution in [0.1, 0.15) is 40.2 Å². The standard InChI is InChI=1S/C21H27N5O2/c1-15-11-16(2)13-17(12-15)22-21(28)25-9-7-24(8-10-25)20(27)19-14-18-5-3-4-6-26(18)23-19/h11-14H,3-10H2,1-2H3,(H,22,28). The maximum Gasteiger partial charge on any atom is 0.321 e. The van der Waals surface area contributed by atoms with Crippen LogP contribution < -0.4 is 5.32 Å². The van der Waals surface area contributed by atoms with Gasteiger partial charge in [-0.1, -0.05) is 6.07 Å². The van der Waals surface area contributed by atoms with Crippen LogP contribution in [0.5, 0.6) is 0 Å². The molecule has 0 aliphatic carbocycles. The summed E-state index contributed by atoms with van der Waals surface area (Å²) in [5, 5.41) is 7.45. The zero-order chi connectivity index (χ0) is 19.7. The number of hydrogen-bond donors (Lipinski definition) is 1. The highest BCUT2D eigenvalue weighted by Gasteiger charge is 2.27. The Morgan fingerprint density at radius 3 is 2.25 bits per heavy atom. The number of benzene rings is 1. The summed E-state index contributed by atoms with van der Waals surface area (Å²) < 4.78 is 1.96. The first-order valence-electron chi connectivity index (χ1n) is 10.00. The molecule has 148 valence electrons. The number of carbonyl (C=O) groups is 2. The van der Waals surface area contributed by atoms with Crippen molar-refractivity contribution < 1.29 is 9.59 Å². The van der Waals surface area contributed by atoms with Gasteiger partial charge in [-0.05, 0) is 62.4 Å². The Morgan fingerprint density at radius 2 is 1.57 bits per heavy atom. The van der Waals surface area contributed by atoms with Crippen molar-refractivity contribution in [2.75, 3.05) is 31.5 Å². The van der Waals surface area contributed by atoms with Crippen LogP contribution in [0.2, 0.25) is 0 Å². The van der Waals surface area contributed by atoms with Crippen LogP contribution in [-0.2, 0) is 13.0 Å². The number of piperazine rings is 1. The summed E-state index contributed by atoms with van der Waals surface area (Å²) in [5.74, 6) is -0.0312. The Morgan fingerprint density at radius 1 is 0.893 bits per heavy atom. The first-order valence-corrected chi connectivity index (χ1v) is 10.00. The van der Waals surface area contributed by atoms with E-state index in [1.165, 1.54) is 0 Å². The number of fused-ring (bicyclic) bond motifs is 1. The molecule has 7 nitrogen and oxygen atoms in total. The zero-order valence-corrected chi connectivity index (χ0v) is 16.6. The van der Waals surface area contributed by atoms with Crippen LogP contribution >= 0.6 is 0 Å². The molecule has 1 aromatic heterocycles. The van der Waals surface area contributed by atoms with Gasteiger partial charge in [-0.15, -0.1) is 0 Å². The third-order valence-electron chi connectivity index (χ3n) is 5.46. The molecule has 1 fully saturated rings. The summed E-state index contributed by atoms with van der Waals surface area (Å²) in [4.78, 5) is 28.9. The second kappa shape index (κ2) is 7.66. The molecule has 0 spiro atoms. The highest BCUT2D eigenvalue weighted by atomic mass is 16.2. The zero-order valence-electron chi connectivity index (χ0n) is 16.6. The number of aromatic nitrogens is 2. The smallest absolute Gasteiger partial charge is 0.321 e. The van der Waals surface area contributed by atoms with Gasteiger partial charge in [-0.3, -0.25) is 9.48 Å². The van der Waals surface area contributed by atoms with Gasteiger partial charge < -0.3 is 15.1 Å². The van der Waals surface area contributed by atoms with Crippen molar-refractivity contribution in [2.24, 2.45) is 0 Å². The fourth-order valence-corrected chi connectivity index (χ4v) is 4.05. The van der Waals surface area contributed by atoms with Crippen molar-refractivity contribution in [3.05, 3.63) is 46.8 Å². The lowest BCUT2D eigenvalue weighted by Crippen LogP contribution is -2.51. The Kier molecular flexibility index (Phi) is 5.07. The van der Waals surface area contributed by atoms with Gasteiger partial charge in [0.1, 0.15) is 0 Å². The quantitative estimate of drug-likeness (QED) is 0.870. The molecule has 7 heteroatoms. The van der Waals surface area contributed by atoms with E-state index in [1.54, 1.807) is 9.80 Å². The number of nitrogens with one attached hydrogen (secondary N) is 1. The van der Waals surface area contributed by atoms with Crippen molar-refractivity contribution in [3.8, 4) is 0 Å². The lowest BCUT2D eigenvalue weighted by atomic mass is 10.1. The number of urea groups is 1. The Labute approximate surface area is 165 Å². The molecule has 1 saturated heterocycles. The van der Waals surface area contributed by atoms with Crippen LogP contribution in [0.4, 0.5) is 10.5 Å². The Hall–Kier alpha value is -2.83. The van der Waals surface area contributed by atoms with Crippen LogP contribution in [0.15, 0.2) is 24.3 Å². The number of nitrogens with zero attached hydrogens (tertiary/aromatic N) is 4. The van der Waals surface area contributed by atoms with Crippen molar-refractivity contribution in [1.82, 2.24) is 19.6 Å². The van der Waals surface area contributed by atoms with E-state index < -0.39 is 0 Å². The summed E-state index contributed by atoms with van der Waals surface area (Å²) in [6, 6.07) is 7.82. The van der Waals surface area contributed by atoms with Crippen LogP contribution in [0.3, 0.4) is 0 Å². The van der Waals surface area contributed by atoms with E-state index in [0.29, 0.717) is 31.9 Å². The second-order valence-electron chi connectivity index (χ2n) is 7.79. The SMILES string of the molecule is Cc1cc(C)cc(NC(=O)N2CCN(C(=O)c3cc4n(n3)CCCC4)CC2)c1. The van der Waals surface area contributed by atoms with Gasteiger partial charge in [0, 0.05) is 44.1 Å². The maximum atomic E-state index is 12.8. The minimum absolute atomic E-state index is 0.0312. The van der Waals surface area contributed by atoms with Gasteiger partial charge in [-0.2, -0.15) is 5.10 Å². The number of rotatable bonds is 2. The summed E-state index contributed by atoms with van der Waals surface area (Å²) in [6.45, 7) is 7.03. The third-order valence-corrected chi connectivity index (χ3v) is 5.46. The second-order valence-corrected chi connectivity index (χ2v) is 7.79. The molecular weight excluding hydrogens is 354 g/mol. The van der Waals surface area contributed by atoms with Crippen molar-refractivity contribution in [2.45, 2.75) is 39.7 Å². The van der Waals surface area contributed by atoms with E-state index in [0.717, 1.165) is 48.3 Å². The molecule has 0 saturated carbocycles. The first-order chi connectivity index (χ1) is 13.5. The largest absolute Gasteiger partial charge is 0.334 e. The lowest BCUT2D eigenvalue weighted by molar-refractivity contribution is 0.0665. The summed E-state index contributed by atoms with van der Waals surface area (Å²) >= 11 is 0. The van der Waals surface area contributed by atoms with Gasteiger partial charge in [0.2, 0.25) is 0 Å². The molecule has 2 aliphatic rings. The van der Waals surface area contributed by atoms with Gasteiger partial charge in [0.15, 0.2) is 5.69 Å². The Balaban J connectivity index is 1.34. The van der Waals surface area contributed by atoms with E-state index in [9.17, 15) is 9.59 Å². The molecule has 0 unspecified atom stereocenters. The number of carbonyl (C=O) groups excluding carboxylic acids is 2. The number of anilines is 1. The molecule has 3 heterocycles. The molecule has 4 rings (SSSR count). The first kappa shape index (κ1) is 18.5. The molecule has 28 heavy (non-hydrogen) atoms. The fourth-order valence-electron chi connectivity index (χ4n) is 4.05. The van der Waals surface area contributed by atoms with E-state index in [4.69, 9.17) is 0 Å². The summed E-state index contributed by atoms with van der Waals surface area (Å²) in [7, 11) is 0. The van der Waals surface area contributed by atoms with Gasteiger partial charge in [0.05, 0.1) is 0 Å². The van der Waals surface area contributed by atoms with Crippen LogP contribution in [0.25, 0.3) is 0 Å². The molecule has 1 aromatic carbocycles. The minimum Gasteiger partial charge on any atom is -0.334 e. The number of aryl methyl sites for hydroxylation is 4. The molecule has 0 atom stereocenters.